The van der Waals surface area contributed by atoms with E-state index in [0.29, 0.717) is 5.89 Å². The van der Waals surface area contributed by atoms with Crippen LogP contribution in [0.1, 0.15) is 23.5 Å². The van der Waals surface area contributed by atoms with Gasteiger partial charge in [0.25, 0.3) is 5.89 Å². The van der Waals surface area contributed by atoms with Gasteiger partial charge in [-0.2, -0.15) is 0 Å². The molecule has 1 amide bonds. The Labute approximate surface area is 174 Å². The zero-order valence-electron chi connectivity index (χ0n) is 14.7. The van der Waals surface area contributed by atoms with Gasteiger partial charge in [-0.25, -0.2) is 0 Å². The molecule has 2 aromatic heterocycles. The first-order valence-corrected chi connectivity index (χ1v) is 10.3. The predicted octanol–water partition coefficient (Wildman–Crippen LogP) is 5.72. The summed E-state index contributed by atoms with van der Waals surface area (Å²) in [7, 11) is 0. The van der Waals surface area contributed by atoms with Gasteiger partial charge >= 0.3 is 6.01 Å². The van der Waals surface area contributed by atoms with E-state index in [0.717, 1.165) is 19.8 Å². The Kier molecular flexibility index (Phi) is 5.64. The molecule has 0 aliphatic rings. The quantitative estimate of drug-likeness (QED) is 0.405. The number of carbonyl (C=O) groups excluding carboxylic acids is 1. The second-order valence-corrected chi connectivity index (χ2v) is 8.61. The van der Waals surface area contributed by atoms with Crippen LogP contribution >= 0.6 is 27.3 Å². The second kappa shape index (κ2) is 8.50. The van der Waals surface area contributed by atoms with Crippen molar-refractivity contribution in [2.75, 3.05) is 5.32 Å². The Bertz CT molecular complexity index is 1020. The van der Waals surface area contributed by atoms with Gasteiger partial charge in [0.2, 0.25) is 5.91 Å². The molecule has 1 N–H and O–H groups in total. The zero-order valence-corrected chi connectivity index (χ0v) is 17.1. The maximum absolute atomic E-state index is 12.7. The van der Waals surface area contributed by atoms with Gasteiger partial charge in [0, 0.05) is 12.3 Å². The van der Waals surface area contributed by atoms with Crippen LogP contribution in [0.25, 0.3) is 10.8 Å². The van der Waals surface area contributed by atoms with Crippen LogP contribution < -0.4 is 5.32 Å². The number of rotatable bonds is 6. The molecule has 28 heavy (non-hydrogen) atoms. The van der Waals surface area contributed by atoms with Gasteiger partial charge in [0.05, 0.1) is 8.66 Å². The third-order valence-corrected chi connectivity index (χ3v) is 5.86. The van der Waals surface area contributed by atoms with E-state index >= 15 is 0 Å². The lowest BCUT2D eigenvalue weighted by Crippen LogP contribution is -2.16. The average Bonchev–Trinajstić information content (AvgIpc) is 3.36. The molecule has 0 fully saturated rings. The number of aromatic nitrogens is 2. The predicted molar refractivity (Wildman–Crippen MR) is 113 cm³/mol. The zero-order chi connectivity index (χ0) is 19.3. The molecule has 0 aliphatic heterocycles. The van der Waals surface area contributed by atoms with Crippen LogP contribution in [0.5, 0.6) is 0 Å². The van der Waals surface area contributed by atoms with Crippen molar-refractivity contribution in [2.45, 2.75) is 12.3 Å². The smallest absolute Gasteiger partial charge is 0.322 e. The summed E-state index contributed by atoms with van der Waals surface area (Å²) < 4.78 is 6.55. The van der Waals surface area contributed by atoms with Gasteiger partial charge < -0.3 is 4.42 Å². The van der Waals surface area contributed by atoms with Crippen LogP contribution in [-0.4, -0.2) is 16.1 Å². The first kappa shape index (κ1) is 18.6. The van der Waals surface area contributed by atoms with Crippen LogP contribution in [0.15, 0.2) is 81.0 Å². The Morgan fingerprint density at radius 2 is 1.61 bits per heavy atom. The fourth-order valence-electron chi connectivity index (χ4n) is 2.96. The topological polar surface area (TPSA) is 68.0 Å². The minimum Gasteiger partial charge on any atom is -0.402 e. The molecule has 0 bridgehead atoms. The standard InChI is InChI=1S/C21H16BrN3O2S/c22-18-12-11-17(28-18)20-24-25-21(27-20)23-19(26)13-16(14-7-3-1-4-8-14)15-9-5-2-6-10-15/h1-12,16H,13H2,(H,23,25,26). The van der Waals surface area contributed by atoms with Crippen molar-refractivity contribution in [3.63, 3.8) is 0 Å². The molecule has 2 heterocycles. The molecule has 7 heteroatoms. The lowest BCUT2D eigenvalue weighted by Gasteiger charge is -2.17. The minimum absolute atomic E-state index is 0.0574. The first-order chi connectivity index (χ1) is 13.7. The lowest BCUT2D eigenvalue weighted by molar-refractivity contribution is -0.116. The van der Waals surface area contributed by atoms with Crippen molar-refractivity contribution in [1.29, 1.82) is 0 Å². The summed E-state index contributed by atoms with van der Waals surface area (Å²) in [4.78, 5) is 13.5. The highest BCUT2D eigenvalue weighted by molar-refractivity contribution is 9.11. The van der Waals surface area contributed by atoms with Crippen LogP contribution in [0.3, 0.4) is 0 Å². The Morgan fingerprint density at radius 1 is 0.964 bits per heavy atom. The third kappa shape index (κ3) is 4.37. The number of halogens is 1. The summed E-state index contributed by atoms with van der Waals surface area (Å²) in [5.74, 6) is 0.145. The van der Waals surface area contributed by atoms with Crippen molar-refractivity contribution in [3.8, 4) is 10.8 Å². The van der Waals surface area contributed by atoms with E-state index in [1.165, 1.54) is 11.3 Å². The van der Waals surface area contributed by atoms with Gasteiger partial charge in [0.1, 0.15) is 0 Å². The van der Waals surface area contributed by atoms with E-state index in [2.05, 4.69) is 31.4 Å². The molecule has 0 saturated heterocycles. The van der Waals surface area contributed by atoms with Gasteiger partial charge in [-0.3, -0.25) is 10.1 Å². The number of carbonyl (C=O) groups is 1. The maximum atomic E-state index is 12.7. The van der Waals surface area contributed by atoms with Crippen molar-refractivity contribution in [3.05, 3.63) is 87.7 Å². The molecule has 2 aromatic carbocycles. The number of nitrogens with zero attached hydrogens (tertiary/aromatic N) is 2. The largest absolute Gasteiger partial charge is 0.402 e. The van der Waals surface area contributed by atoms with E-state index in [-0.39, 0.29) is 24.3 Å². The monoisotopic (exact) mass is 453 g/mol. The highest BCUT2D eigenvalue weighted by atomic mass is 79.9. The molecule has 4 aromatic rings. The number of benzene rings is 2. The maximum Gasteiger partial charge on any atom is 0.322 e. The summed E-state index contributed by atoms with van der Waals surface area (Å²) in [6, 6.07) is 23.9. The molecule has 0 radical (unpaired) electrons. The van der Waals surface area contributed by atoms with Gasteiger partial charge in [-0.1, -0.05) is 65.8 Å². The molecular weight excluding hydrogens is 438 g/mol. The molecule has 0 atom stereocenters. The molecule has 0 saturated carbocycles. The minimum atomic E-state index is -0.180. The number of amides is 1. The SMILES string of the molecule is O=C(CC(c1ccccc1)c1ccccc1)Nc1nnc(-c2ccc(Br)s2)o1. The van der Waals surface area contributed by atoms with Crippen molar-refractivity contribution in [2.24, 2.45) is 0 Å². The first-order valence-electron chi connectivity index (χ1n) is 8.68. The van der Waals surface area contributed by atoms with Gasteiger partial charge in [-0.05, 0) is 39.2 Å². The number of nitrogens with one attached hydrogen (secondary N) is 1. The molecule has 140 valence electrons. The van der Waals surface area contributed by atoms with Crippen molar-refractivity contribution >= 4 is 39.2 Å². The number of anilines is 1. The fraction of sp³-hybridized carbons (Fsp3) is 0.0952. The Balaban J connectivity index is 1.50. The van der Waals surface area contributed by atoms with Crippen molar-refractivity contribution < 1.29 is 9.21 Å². The van der Waals surface area contributed by atoms with E-state index in [4.69, 9.17) is 4.42 Å². The molecule has 0 unspecified atom stereocenters. The highest BCUT2D eigenvalue weighted by Gasteiger charge is 2.20. The summed E-state index contributed by atoms with van der Waals surface area (Å²) in [6.07, 6.45) is 0.274. The number of hydrogen-bond acceptors (Lipinski definition) is 5. The molecule has 0 aliphatic carbocycles. The number of hydrogen-bond donors (Lipinski definition) is 1. The molecular formula is C21H16BrN3O2S. The normalized spacial score (nSPS) is 10.9. The summed E-state index contributed by atoms with van der Waals surface area (Å²) in [6.45, 7) is 0. The molecule has 5 nitrogen and oxygen atoms in total. The highest BCUT2D eigenvalue weighted by Crippen LogP contribution is 2.31. The van der Waals surface area contributed by atoms with E-state index in [9.17, 15) is 4.79 Å². The van der Waals surface area contributed by atoms with Gasteiger partial charge in [-0.15, -0.1) is 16.4 Å². The second-order valence-electron chi connectivity index (χ2n) is 6.14. The molecule has 4 rings (SSSR count). The van der Waals surface area contributed by atoms with Crippen LogP contribution in [0.2, 0.25) is 0 Å². The van der Waals surface area contributed by atoms with Crippen LogP contribution in [-0.2, 0) is 4.79 Å². The average molecular weight is 454 g/mol. The van der Waals surface area contributed by atoms with Gasteiger partial charge in [0.15, 0.2) is 0 Å². The number of thiophene rings is 1. The van der Waals surface area contributed by atoms with E-state index in [1.807, 2.05) is 72.8 Å². The Hall–Kier alpha value is -2.77. The van der Waals surface area contributed by atoms with Crippen LogP contribution in [0.4, 0.5) is 6.01 Å². The van der Waals surface area contributed by atoms with Crippen molar-refractivity contribution in [1.82, 2.24) is 10.2 Å². The summed E-state index contributed by atoms with van der Waals surface area (Å²) in [5, 5.41) is 10.7. The Morgan fingerprint density at radius 3 is 2.18 bits per heavy atom. The van der Waals surface area contributed by atoms with E-state index < -0.39 is 0 Å². The fourth-order valence-corrected chi connectivity index (χ4v) is 4.26. The van der Waals surface area contributed by atoms with Crippen LogP contribution in [0, 0.1) is 0 Å². The van der Waals surface area contributed by atoms with E-state index in [1.54, 1.807) is 0 Å². The summed E-state index contributed by atoms with van der Waals surface area (Å²) >= 11 is 4.89. The third-order valence-electron chi connectivity index (χ3n) is 4.25. The summed E-state index contributed by atoms with van der Waals surface area (Å²) in [5.41, 5.74) is 2.16. The lowest BCUT2D eigenvalue weighted by atomic mass is 9.88. The molecule has 0 spiro atoms.